The lowest BCUT2D eigenvalue weighted by Gasteiger charge is -2.14. The summed E-state index contributed by atoms with van der Waals surface area (Å²) in [4.78, 5) is 0. The molecule has 2 rings (SSSR count). The molecule has 0 aliphatic heterocycles. The molecule has 106 valence electrons. The van der Waals surface area contributed by atoms with E-state index in [0.29, 0.717) is 13.1 Å². The van der Waals surface area contributed by atoms with Crippen LogP contribution in [0.4, 0.5) is 0 Å². The van der Waals surface area contributed by atoms with Gasteiger partial charge in [-0.15, -0.1) is 0 Å². The molecule has 2 aromatic carbocycles. The Kier molecular flexibility index (Phi) is 5.59. The number of halogens is 1. The minimum absolute atomic E-state index is 0.500. The lowest BCUT2D eigenvalue weighted by Crippen LogP contribution is -2.21. The van der Waals surface area contributed by atoms with Crippen LogP contribution in [-0.4, -0.2) is 18.8 Å². The smallest absolute Gasteiger partial charge is 0.123 e. The van der Waals surface area contributed by atoms with E-state index in [2.05, 4.69) is 21.2 Å². The summed E-state index contributed by atoms with van der Waals surface area (Å²) in [6, 6.07) is 15.5. The van der Waals surface area contributed by atoms with Crippen LogP contribution in [0.15, 0.2) is 53.0 Å². The Bertz CT molecular complexity index is 545. The van der Waals surface area contributed by atoms with E-state index in [0.717, 1.165) is 21.3 Å². The number of hydrogen-bond donors (Lipinski definition) is 2. The van der Waals surface area contributed by atoms with Gasteiger partial charge in [0, 0.05) is 23.1 Å². The van der Waals surface area contributed by atoms with E-state index in [1.165, 1.54) is 0 Å². The molecule has 2 N–H and O–H groups in total. The first-order valence-electron chi connectivity index (χ1n) is 6.47. The third kappa shape index (κ3) is 4.07. The highest BCUT2D eigenvalue weighted by molar-refractivity contribution is 9.10. The van der Waals surface area contributed by atoms with Gasteiger partial charge in [-0.3, -0.25) is 0 Å². The van der Waals surface area contributed by atoms with Crippen LogP contribution in [0.1, 0.15) is 17.2 Å². The molecular weight excluding hydrogens is 318 g/mol. The van der Waals surface area contributed by atoms with Crippen LogP contribution >= 0.6 is 15.9 Å². The van der Waals surface area contributed by atoms with Crippen molar-refractivity contribution in [3.8, 4) is 5.75 Å². The molecule has 0 saturated heterocycles. The molecular formula is C16H18BrNO2. The normalized spacial score (nSPS) is 12.2. The maximum absolute atomic E-state index is 10.1. The Morgan fingerprint density at radius 2 is 1.95 bits per heavy atom. The molecule has 0 fully saturated rings. The van der Waals surface area contributed by atoms with E-state index >= 15 is 0 Å². The molecule has 0 amide bonds. The van der Waals surface area contributed by atoms with Gasteiger partial charge in [-0.25, -0.2) is 0 Å². The Balaban J connectivity index is 1.91. The number of hydrogen-bond acceptors (Lipinski definition) is 3. The molecule has 0 spiro atoms. The first-order chi connectivity index (χ1) is 9.70. The van der Waals surface area contributed by atoms with Gasteiger partial charge in [-0.1, -0.05) is 46.3 Å². The molecule has 0 aliphatic carbocycles. The van der Waals surface area contributed by atoms with Crippen molar-refractivity contribution in [3.05, 3.63) is 64.1 Å². The lowest BCUT2D eigenvalue weighted by atomic mass is 10.1. The second kappa shape index (κ2) is 7.43. The zero-order chi connectivity index (χ0) is 14.4. The highest BCUT2D eigenvalue weighted by Gasteiger charge is 2.08. The van der Waals surface area contributed by atoms with Crippen molar-refractivity contribution in [2.24, 2.45) is 0 Å². The fourth-order valence-corrected chi connectivity index (χ4v) is 2.43. The van der Waals surface area contributed by atoms with Gasteiger partial charge in [0.25, 0.3) is 0 Å². The quantitative estimate of drug-likeness (QED) is 0.851. The monoisotopic (exact) mass is 335 g/mol. The first-order valence-corrected chi connectivity index (χ1v) is 7.26. The highest BCUT2D eigenvalue weighted by Crippen LogP contribution is 2.22. The standard InChI is InChI=1S/C16H18BrNO2/c1-20-16-8-7-14(17)9-13(16)10-18-11-15(19)12-5-3-2-4-6-12/h2-9,15,18-19H,10-11H2,1H3. The summed E-state index contributed by atoms with van der Waals surface area (Å²) in [6.45, 7) is 1.15. The number of aliphatic hydroxyl groups is 1. The fourth-order valence-electron chi connectivity index (χ4n) is 2.02. The first kappa shape index (κ1) is 15.0. The average molecular weight is 336 g/mol. The molecule has 20 heavy (non-hydrogen) atoms. The van der Waals surface area contributed by atoms with Crippen LogP contribution in [0.3, 0.4) is 0 Å². The second-order valence-electron chi connectivity index (χ2n) is 4.51. The summed E-state index contributed by atoms with van der Waals surface area (Å²) in [6.07, 6.45) is -0.505. The van der Waals surface area contributed by atoms with Crippen molar-refractivity contribution in [1.82, 2.24) is 5.32 Å². The zero-order valence-corrected chi connectivity index (χ0v) is 12.9. The van der Waals surface area contributed by atoms with Crippen LogP contribution in [0, 0.1) is 0 Å². The van der Waals surface area contributed by atoms with E-state index < -0.39 is 6.10 Å². The van der Waals surface area contributed by atoms with Gasteiger partial charge in [0.1, 0.15) is 5.75 Å². The number of nitrogens with one attached hydrogen (secondary N) is 1. The van der Waals surface area contributed by atoms with Gasteiger partial charge >= 0.3 is 0 Å². The lowest BCUT2D eigenvalue weighted by molar-refractivity contribution is 0.174. The van der Waals surface area contributed by atoms with Crippen LogP contribution in [0.25, 0.3) is 0 Å². The van der Waals surface area contributed by atoms with Gasteiger partial charge < -0.3 is 15.2 Å². The molecule has 1 unspecified atom stereocenters. The summed E-state index contributed by atoms with van der Waals surface area (Å²) < 4.78 is 6.33. The van der Waals surface area contributed by atoms with Gasteiger partial charge in [-0.05, 0) is 23.8 Å². The van der Waals surface area contributed by atoms with Gasteiger partial charge in [-0.2, -0.15) is 0 Å². The maximum Gasteiger partial charge on any atom is 0.123 e. The van der Waals surface area contributed by atoms with Crippen molar-refractivity contribution in [2.45, 2.75) is 12.6 Å². The van der Waals surface area contributed by atoms with E-state index in [4.69, 9.17) is 4.74 Å². The molecule has 0 bridgehead atoms. The Labute approximate surface area is 127 Å². The summed E-state index contributed by atoms with van der Waals surface area (Å²) in [5.74, 6) is 0.843. The molecule has 3 nitrogen and oxygen atoms in total. The topological polar surface area (TPSA) is 41.5 Å². The number of ether oxygens (including phenoxy) is 1. The van der Waals surface area contributed by atoms with Crippen molar-refractivity contribution in [3.63, 3.8) is 0 Å². The van der Waals surface area contributed by atoms with Crippen LogP contribution in [0.2, 0.25) is 0 Å². The average Bonchev–Trinajstić information content (AvgIpc) is 2.48. The van der Waals surface area contributed by atoms with Gasteiger partial charge in [0.15, 0.2) is 0 Å². The third-order valence-electron chi connectivity index (χ3n) is 3.08. The minimum Gasteiger partial charge on any atom is -0.496 e. The number of aliphatic hydroxyl groups excluding tert-OH is 1. The van der Waals surface area contributed by atoms with E-state index in [-0.39, 0.29) is 0 Å². The van der Waals surface area contributed by atoms with Crippen molar-refractivity contribution in [2.75, 3.05) is 13.7 Å². The van der Waals surface area contributed by atoms with E-state index in [9.17, 15) is 5.11 Å². The molecule has 4 heteroatoms. The molecule has 1 atom stereocenters. The van der Waals surface area contributed by atoms with Gasteiger partial charge in [0.05, 0.1) is 13.2 Å². The zero-order valence-electron chi connectivity index (χ0n) is 11.3. The highest BCUT2D eigenvalue weighted by atomic mass is 79.9. The van der Waals surface area contributed by atoms with Crippen molar-refractivity contribution >= 4 is 15.9 Å². The number of rotatable bonds is 6. The molecule has 0 heterocycles. The fraction of sp³-hybridized carbons (Fsp3) is 0.250. The predicted molar refractivity (Wildman–Crippen MR) is 83.8 cm³/mol. The van der Waals surface area contributed by atoms with E-state index in [1.54, 1.807) is 7.11 Å². The van der Waals surface area contributed by atoms with Crippen molar-refractivity contribution in [1.29, 1.82) is 0 Å². The summed E-state index contributed by atoms with van der Waals surface area (Å²) in [5.41, 5.74) is 1.98. The Hall–Kier alpha value is -1.36. The van der Waals surface area contributed by atoms with Gasteiger partial charge in [0.2, 0.25) is 0 Å². The second-order valence-corrected chi connectivity index (χ2v) is 5.43. The third-order valence-corrected chi connectivity index (χ3v) is 3.57. The van der Waals surface area contributed by atoms with Crippen LogP contribution in [-0.2, 0) is 6.54 Å². The summed E-state index contributed by atoms with van der Waals surface area (Å²) >= 11 is 3.45. The molecule has 0 aromatic heterocycles. The molecule has 0 radical (unpaired) electrons. The van der Waals surface area contributed by atoms with Crippen LogP contribution < -0.4 is 10.1 Å². The Morgan fingerprint density at radius 1 is 1.20 bits per heavy atom. The number of benzene rings is 2. The summed E-state index contributed by atoms with van der Waals surface area (Å²) in [5, 5.41) is 13.3. The van der Waals surface area contributed by atoms with Crippen LogP contribution in [0.5, 0.6) is 5.75 Å². The minimum atomic E-state index is -0.505. The SMILES string of the molecule is COc1ccc(Br)cc1CNCC(O)c1ccccc1. The predicted octanol–water partition coefficient (Wildman–Crippen LogP) is 3.28. The van der Waals surface area contributed by atoms with Crippen molar-refractivity contribution < 1.29 is 9.84 Å². The van der Waals surface area contributed by atoms with E-state index in [1.807, 2.05) is 48.5 Å². The maximum atomic E-state index is 10.1. The summed E-state index contributed by atoms with van der Waals surface area (Å²) in [7, 11) is 1.66. The Morgan fingerprint density at radius 3 is 2.65 bits per heavy atom. The molecule has 2 aromatic rings. The molecule has 0 aliphatic rings. The number of methoxy groups -OCH3 is 1. The largest absolute Gasteiger partial charge is 0.496 e. The molecule has 0 saturated carbocycles.